The number of alkyl halides is 1. The average Bonchev–Trinajstić information content (AvgIpc) is 2.43. The lowest BCUT2D eigenvalue weighted by Crippen LogP contribution is -2.02. The van der Waals surface area contributed by atoms with E-state index < -0.39 is 4.92 Å². The number of fused-ring (bicyclic) bond motifs is 1. The molecular weight excluding hydrogens is 268 g/mol. The topological polar surface area (TPSA) is 65.3 Å². The van der Waals surface area contributed by atoms with Gasteiger partial charge in [-0.1, -0.05) is 6.58 Å². The number of nitrogens with zero attached hydrogens (tertiary/aromatic N) is 2. The van der Waals surface area contributed by atoms with Gasteiger partial charge in [0.15, 0.2) is 5.52 Å². The number of benzene rings is 1. The first-order valence-corrected chi connectivity index (χ1v) is 6.04. The van der Waals surface area contributed by atoms with Crippen molar-refractivity contribution in [2.75, 3.05) is 12.5 Å². The molecule has 0 spiro atoms. The molecule has 1 aromatic heterocycles. The summed E-state index contributed by atoms with van der Waals surface area (Å²) in [5.74, 6) is 0.836. The third kappa shape index (κ3) is 2.82. The van der Waals surface area contributed by atoms with Gasteiger partial charge in [-0.25, -0.2) is 4.98 Å². The zero-order valence-corrected chi connectivity index (χ0v) is 10.8. The normalized spacial score (nSPS) is 10.4. The number of nitro benzene ring substituents is 1. The van der Waals surface area contributed by atoms with Gasteiger partial charge in [-0.3, -0.25) is 10.1 Å². The first-order chi connectivity index (χ1) is 9.13. The number of pyridine rings is 1. The monoisotopic (exact) mass is 278 g/mol. The molecule has 1 aromatic carbocycles. The van der Waals surface area contributed by atoms with Crippen molar-refractivity contribution in [3.05, 3.63) is 52.7 Å². The Morgan fingerprint density at radius 2 is 2.26 bits per heavy atom. The van der Waals surface area contributed by atoms with Gasteiger partial charge >= 0.3 is 0 Å². The van der Waals surface area contributed by atoms with Gasteiger partial charge in [0.25, 0.3) is 5.69 Å². The lowest BCUT2D eigenvalue weighted by atomic mass is 10.1. The molecule has 98 valence electrons. The fourth-order valence-electron chi connectivity index (χ4n) is 1.62. The maximum absolute atomic E-state index is 10.9. The van der Waals surface area contributed by atoms with Crippen molar-refractivity contribution in [1.29, 1.82) is 0 Å². The summed E-state index contributed by atoms with van der Waals surface area (Å²) >= 11 is 5.62. The van der Waals surface area contributed by atoms with Crippen molar-refractivity contribution in [3.63, 3.8) is 0 Å². The Labute approximate surface area is 114 Å². The SMILES string of the molecule is C=C(CCl)COc1ccc([N+](=O)[O-])c2ncccc12. The molecule has 0 saturated carbocycles. The van der Waals surface area contributed by atoms with Crippen LogP contribution in [0.4, 0.5) is 5.69 Å². The molecule has 0 saturated heterocycles. The van der Waals surface area contributed by atoms with Crippen LogP contribution in [0.25, 0.3) is 10.9 Å². The second-order valence-electron chi connectivity index (χ2n) is 3.91. The van der Waals surface area contributed by atoms with Crippen molar-refractivity contribution < 1.29 is 9.66 Å². The zero-order valence-electron chi connectivity index (χ0n) is 10.0. The van der Waals surface area contributed by atoms with Gasteiger partial charge in [0.2, 0.25) is 0 Å². The molecule has 2 rings (SSSR count). The molecule has 1 heterocycles. The quantitative estimate of drug-likeness (QED) is 0.364. The van der Waals surface area contributed by atoms with Crippen LogP contribution in [0.2, 0.25) is 0 Å². The second kappa shape index (κ2) is 5.67. The summed E-state index contributed by atoms with van der Waals surface area (Å²) < 4.78 is 5.56. The van der Waals surface area contributed by atoms with Gasteiger partial charge in [-0.15, -0.1) is 11.6 Å². The van der Waals surface area contributed by atoms with E-state index in [1.807, 2.05) is 0 Å². The molecule has 0 amide bonds. The average molecular weight is 279 g/mol. The summed E-state index contributed by atoms with van der Waals surface area (Å²) in [6.07, 6.45) is 1.51. The molecule has 0 unspecified atom stereocenters. The van der Waals surface area contributed by atoms with E-state index in [0.717, 1.165) is 5.57 Å². The zero-order chi connectivity index (χ0) is 13.8. The summed E-state index contributed by atoms with van der Waals surface area (Å²) in [5.41, 5.74) is 0.998. The van der Waals surface area contributed by atoms with Crippen LogP contribution in [0.15, 0.2) is 42.6 Å². The van der Waals surface area contributed by atoms with Crippen LogP contribution in [-0.4, -0.2) is 22.4 Å². The van der Waals surface area contributed by atoms with Crippen molar-refractivity contribution in [1.82, 2.24) is 4.98 Å². The number of aromatic nitrogens is 1. The standard InChI is InChI=1S/C13H11ClN2O3/c1-9(7-14)8-19-12-5-4-11(16(17)18)13-10(12)3-2-6-15-13/h2-6H,1,7-8H2. The number of ether oxygens (including phenoxy) is 1. The third-order valence-corrected chi connectivity index (χ3v) is 2.90. The van der Waals surface area contributed by atoms with Crippen molar-refractivity contribution in [3.8, 4) is 5.75 Å². The predicted molar refractivity (Wildman–Crippen MR) is 73.8 cm³/mol. The molecular formula is C13H11ClN2O3. The van der Waals surface area contributed by atoms with Crippen LogP contribution in [-0.2, 0) is 0 Å². The van der Waals surface area contributed by atoms with E-state index in [0.29, 0.717) is 22.5 Å². The Morgan fingerprint density at radius 1 is 1.47 bits per heavy atom. The van der Waals surface area contributed by atoms with E-state index in [-0.39, 0.29) is 12.3 Å². The van der Waals surface area contributed by atoms with E-state index >= 15 is 0 Å². The minimum absolute atomic E-state index is 0.0425. The second-order valence-corrected chi connectivity index (χ2v) is 4.18. The number of nitro groups is 1. The highest BCUT2D eigenvalue weighted by Crippen LogP contribution is 2.31. The maximum Gasteiger partial charge on any atom is 0.295 e. The van der Waals surface area contributed by atoms with Gasteiger partial charge in [0.1, 0.15) is 12.4 Å². The van der Waals surface area contributed by atoms with Crippen LogP contribution in [0.3, 0.4) is 0 Å². The van der Waals surface area contributed by atoms with E-state index in [1.54, 1.807) is 18.2 Å². The third-order valence-electron chi connectivity index (χ3n) is 2.53. The fourth-order valence-corrected chi connectivity index (χ4v) is 1.70. The molecule has 0 aliphatic heterocycles. The van der Waals surface area contributed by atoms with Crippen molar-refractivity contribution >= 4 is 28.2 Å². The van der Waals surface area contributed by atoms with Crippen LogP contribution in [0.1, 0.15) is 0 Å². The van der Waals surface area contributed by atoms with Crippen LogP contribution < -0.4 is 4.74 Å². The molecule has 0 fully saturated rings. The number of hydrogen-bond acceptors (Lipinski definition) is 4. The highest BCUT2D eigenvalue weighted by atomic mass is 35.5. The van der Waals surface area contributed by atoms with Gasteiger partial charge in [0, 0.05) is 23.5 Å². The maximum atomic E-state index is 10.9. The fraction of sp³-hybridized carbons (Fsp3) is 0.154. The van der Waals surface area contributed by atoms with Crippen LogP contribution in [0.5, 0.6) is 5.75 Å². The Hall–Kier alpha value is -2.14. The molecule has 2 aromatic rings. The highest BCUT2D eigenvalue weighted by Gasteiger charge is 2.15. The molecule has 0 N–H and O–H groups in total. The van der Waals surface area contributed by atoms with E-state index in [1.165, 1.54) is 12.3 Å². The molecule has 19 heavy (non-hydrogen) atoms. The Kier molecular flexibility index (Phi) is 3.97. The Balaban J connectivity index is 2.44. The van der Waals surface area contributed by atoms with E-state index in [2.05, 4.69) is 11.6 Å². The first-order valence-electron chi connectivity index (χ1n) is 5.51. The Bertz CT molecular complexity index is 643. The van der Waals surface area contributed by atoms with E-state index in [9.17, 15) is 10.1 Å². The van der Waals surface area contributed by atoms with E-state index in [4.69, 9.17) is 16.3 Å². The van der Waals surface area contributed by atoms with Crippen molar-refractivity contribution in [2.24, 2.45) is 0 Å². The molecule has 0 aliphatic carbocycles. The highest BCUT2D eigenvalue weighted by molar-refractivity contribution is 6.19. The minimum Gasteiger partial charge on any atom is -0.489 e. The summed E-state index contributed by atoms with van der Waals surface area (Å²) in [5, 5.41) is 11.5. The molecule has 6 heteroatoms. The van der Waals surface area contributed by atoms with Crippen LogP contribution >= 0.6 is 11.6 Å². The van der Waals surface area contributed by atoms with Crippen molar-refractivity contribution in [2.45, 2.75) is 0 Å². The van der Waals surface area contributed by atoms with Crippen LogP contribution in [0, 0.1) is 10.1 Å². The minimum atomic E-state index is -0.462. The summed E-state index contributed by atoms with van der Waals surface area (Å²) in [4.78, 5) is 14.5. The molecule has 0 radical (unpaired) electrons. The number of hydrogen-bond donors (Lipinski definition) is 0. The number of halogens is 1. The lowest BCUT2D eigenvalue weighted by Gasteiger charge is -2.09. The van der Waals surface area contributed by atoms with Gasteiger partial charge in [-0.2, -0.15) is 0 Å². The van der Waals surface area contributed by atoms with Gasteiger partial charge in [0.05, 0.1) is 4.92 Å². The Morgan fingerprint density at radius 3 is 2.95 bits per heavy atom. The lowest BCUT2D eigenvalue weighted by molar-refractivity contribution is -0.383. The largest absolute Gasteiger partial charge is 0.489 e. The summed E-state index contributed by atoms with van der Waals surface area (Å²) in [6, 6.07) is 6.38. The molecule has 0 atom stereocenters. The van der Waals surface area contributed by atoms with Gasteiger partial charge < -0.3 is 4.74 Å². The number of rotatable bonds is 5. The summed E-state index contributed by atoms with van der Waals surface area (Å²) in [6.45, 7) is 4.00. The number of non-ortho nitro benzene ring substituents is 1. The molecule has 5 nitrogen and oxygen atoms in total. The molecule has 0 bridgehead atoms. The van der Waals surface area contributed by atoms with Gasteiger partial charge in [-0.05, 0) is 23.8 Å². The predicted octanol–water partition coefficient (Wildman–Crippen LogP) is 3.32. The smallest absolute Gasteiger partial charge is 0.295 e. The molecule has 0 aliphatic rings. The first kappa shape index (κ1) is 13.3. The summed E-state index contributed by atoms with van der Waals surface area (Å²) in [7, 11) is 0.